The highest BCUT2D eigenvalue weighted by atomic mass is 16.5. The molecule has 3 rings (SSSR count). The number of hydrogen-bond acceptors (Lipinski definition) is 5. The van der Waals surface area contributed by atoms with Crippen LogP contribution in [0, 0.1) is 12.3 Å². The molecule has 0 unspecified atom stereocenters. The summed E-state index contributed by atoms with van der Waals surface area (Å²) in [5.41, 5.74) is 3.92. The maximum Gasteiger partial charge on any atom is 0.233 e. The predicted octanol–water partition coefficient (Wildman–Crippen LogP) is 5.05. The molecule has 0 bridgehead atoms. The Labute approximate surface area is 186 Å². The number of ether oxygens (including phenoxy) is 1. The number of rotatable bonds is 7. The Kier molecular flexibility index (Phi) is 7.42. The van der Waals surface area contributed by atoms with Gasteiger partial charge in [-0.3, -0.25) is 4.79 Å². The Bertz CT molecular complexity index is 878. The monoisotopic (exact) mass is 427 g/mol. The first-order valence-corrected chi connectivity index (χ1v) is 11.4. The normalized spacial score (nSPS) is 15.7. The molecule has 1 amide bonds. The third kappa shape index (κ3) is 5.88. The van der Waals surface area contributed by atoms with E-state index in [2.05, 4.69) is 69.8 Å². The Morgan fingerprint density at radius 1 is 1.26 bits per heavy atom. The van der Waals surface area contributed by atoms with Crippen LogP contribution in [-0.2, 0) is 16.1 Å². The SMILES string of the molecule is CC[C@@H](C)N(Cc1c(-c2cccc(C)c2)noc1N1CCOCC1)C(=O)CC(C)(C)C. The van der Waals surface area contributed by atoms with E-state index in [1.807, 2.05) is 11.0 Å². The molecule has 0 N–H and O–H groups in total. The fraction of sp³-hybridized carbons (Fsp3) is 0.600. The summed E-state index contributed by atoms with van der Waals surface area (Å²) in [4.78, 5) is 17.5. The van der Waals surface area contributed by atoms with Crippen LogP contribution in [0.3, 0.4) is 0 Å². The largest absolute Gasteiger partial charge is 0.378 e. The van der Waals surface area contributed by atoms with Gasteiger partial charge in [0.15, 0.2) is 0 Å². The summed E-state index contributed by atoms with van der Waals surface area (Å²) in [6.45, 7) is 16.0. The van der Waals surface area contributed by atoms with Gasteiger partial charge in [0.2, 0.25) is 11.8 Å². The van der Waals surface area contributed by atoms with Crippen molar-refractivity contribution < 1.29 is 14.1 Å². The van der Waals surface area contributed by atoms with Crippen LogP contribution in [0.4, 0.5) is 5.88 Å². The molecule has 1 fully saturated rings. The molecule has 1 saturated heterocycles. The number of aryl methyl sites for hydroxylation is 1. The van der Waals surface area contributed by atoms with Gasteiger partial charge in [0, 0.05) is 31.1 Å². The van der Waals surface area contributed by atoms with Gasteiger partial charge in [0.05, 0.1) is 25.3 Å². The van der Waals surface area contributed by atoms with Gasteiger partial charge in [-0.1, -0.05) is 56.6 Å². The van der Waals surface area contributed by atoms with Gasteiger partial charge in [0.25, 0.3) is 0 Å². The van der Waals surface area contributed by atoms with Crippen LogP contribution in [0.2, 0.25) is 0 Å². The summed E-state index contributed by atoms with van der Waals surface area (Å²) in [6, 6.07) is 8.42. The maximum absolute atomic E-state index is 13.3. The minimum Gasteiger partial charge on any atom is -0.378 e. The molecule has 2 aromatic rings. The highest BCUT2D eigenvalue weighted by Gasteiger charge is 2.30. The van der Waals surface area contributed by atoms with E-state index in [0.29, 0.717) is 26.2 Å². The van der Waals surface area contributed by atoms with Gasteiger partial charge in [-0.25, -0.2) is 0 Å². The number of nitrogens with zero attached hydrogens (tertiary/aromatic N) is 3. The zero-order valence-electron chi connectivity index (χ0n) is 19.9. The summed E-state index contributed by atoms with van der Waals surface area (Å²) in [6.07, 6.45) is 1.41. The first-order chi connectivity index (χ1) is 14.7. The van der Waals surface area contributed by atoms with Gasteiger partial charge >= 0.3 is 0 Å². The Hall–Kier alpha value is -2.34. The Balaban J connectivity index is 2.02. The molecule has 0 spiro atoms. The van der Waals surface area contributed by atoms with Gasteiger partial charge in [-0.2, -0.15) is 0 Å². The molecule has 170 valence electrons. The first kappa shape index (κ1) is 23.3. The van der Waals surface area contributed by atoms with E-state index in [4.69, 9.17) is 9.26 Å². The van der Waals surface area contributed by atoms with E-state index in [9.17, 15) is 4.79 Å². The number of morpholine rings is 1. The molecule has 0 radical (unpaired) electrons. The number of carbonyl (C=O) groups is 1. The van der Waals surface area contributed by atoms with E-state index in [1.165, 1.54) is 5.56 Å². The van der Waals surface area contributed by atoms with E-state index in [-0.39, 0.29) is 17.4 Å². The topological polar surface area (TPSA) is 58.8 Å². The fourth-order valence-corrected chi connectivity index (χ4v) is 3.91. The average molecular weight is 428 g/mol. The van der Waals surface area contributed by atoms with Crippen LogP contribution in [0.15, 0.2) is 28.8 Å². The predicted molar refractivity (Wildman–Crippen MR) is 124 cm³/mol. The maximum atomic E-state index is 13.3. The molecule has 1 aromatic carbocycles. The summed E-state index contributed by atoms with van der Waals surface area (Å²) >= 11 is 0. The number of benzene rings is 1. The second kappa shape index (κ2) is 9.86. The van der Waals surface area contributed by atoms with Gasteiger partial charge in [-0.15, -0.1) is 0 Å². The summed E-state index contributed by atoms with van der Waals surface area (Å²) in [5.74, 6) is 0.933. The third-order valence-electron chi connectivity index (χ3n) is 5.81. The lowest BCUT2D eigenvalue weighted by Crippen LogP contribution is -2.40. The van der Waals surface area contributed by atoms with Crippen molar-refractivity contribution in [1.82, 2.24) is 10.1 Å². The van der Waals surface area contributed by atoms with Crippen LogP contribution in [0.5, 0.6) is 0 Å². The third-order valence-corrected chi connectivity index (χ3v) is 5.81. The molecule has 0 saturated carbocycles. The Morgan fingerprint density at radius 3 is 2.58 bits per heavy atom. The number of hydrogen-bond donors (Lipinski definition) is 0. The van der Waals surface area contributed by atoms with Crippen molar-refractivity contribution in [2.45, 2.75) is 67.0 Å². The quantitative estimate of drug-likeness (QED) is 0.619. The number of amides is 1. The second-order valence-corrected chi connectivity index (χ2v) is 9.80. The van der Waals surface area contributed by atoms with Crippen molar-refractivity contribution in [2.75, 3.05) is 31.2 Å². The zero-order chi connectivity index (χ0) is 22.6. The molecular weight excluding hydrogens is 390 g/mol. The van der Waals surface area contributed by atoms with Crippen LogP contribution < -0.4 is 4.90 Å². The molecule has 31 heavy (non-hydrogen) atoms. The molecular formula is C25H37N3O3. The molecule has 1 atom stereocenters. The Morgan fingerprint density at radius 2 is 1.97 bits per heavy atom. The molecule has 0 aliphatic carbocycles. The van der Waals surface area contributed by atoms with Crippen molar-refractivity contribution in [3.05, 3.63) is 35.4 Å². The van der Waals surface area contributed by atoms with Crippen molar-refractivity contribution >= 4 is 11.8 Å². The van der Waals surface area contributed by atoms with E-state index >= 15 is 0 Å². The van der Waals surface area contributed by atoms with E-state index in [1.54, 1.807) is 0 Å². The molecule has 1 aliphatic heterocycles. The molecule has 6 heteroatoms. The number of aromatic nitrogens is 1. The number of anilines is 1. The van der Waals surface area contributed by atoms with E-state index < -0.39 is 0 Å². The first-order valence-electron chi connectivity index (χ1n) is 11.4. The standard InChI is InChI=1S/C25H37N3O3/c1-7-19(3)28(22(29)16-25(4,5)6)17-21-23(20-10-8-9-18(2)15-20)26-31-24(21)27-11-13-30-14-12-27/h8-10,15,19H,7,11-14,16-17H2,1-6H3/t19-/m1/s1. The second-order valence-electron chi connectivity index (χ2n) is 9.80. The molecule has 1 aromatic heterocycles. The summed E-state index contributed by atoms with van der Waals surface area (Å²) in [5, 5.41) is 4.48. The van der Waals surface area contributed by atoms with Gasteiger partial charge in [-0.05, 0) is 31.7 Å². The van der Waals surface area contributed by atoms with Crippen LogP contribution in [-0.4, -0.2) is 48.3 Å². The lowest BCUT2D eigenvalue weighted by atomic mass is 9.91. The zero-order valence-corrected chi connectivity index (χ0v) is 19.9. The minimum atomic E-state index is -0.0656. The number of carbonyl (C=O) groups excluding carboxylic acids is 1. The average Bonchev–Trinajstić information content (AvgIpc) is 3.14. The highest BCUT2D eigenvalue weighted by molar-refractivity contribution is 5.78. The van der Waals surface area contributed by atoms with Crippen molar-refractivity contribution in [3.63, 3.8) is 0 Å². The molecule has 2 heterocycles. The lowest BCUT2D eigenvalue weighted by Gasteiger charge is -2.32. The van der Waals surface area contributed by atoms with Crippen molar-refractivity contribution in [1.29, 1.82) is 0 Å². The highest BCUT2D eigenvalue weighted by Crippen LogP contribution is 2.34. The van der Waals surface area contributed by atoms with Gasteiger partial charge in [0.1, 0.15) is 5.69 Å². The lowest BCUT2D eigenvalue weighted by molar-refractivity contribution is -0.135. The van der Waals surface area contributed by atoms with E-state index in [0.717, 1.165) is 42.2 Å². The molecule has 6 nitrogen and oxygen atoms in total. The molecule has 1 aliphatic rings. The van der Waals surface area contributed by atoms with Gasteiger partial charge < -0.3 is 19.1 Å². The fourth-order valence-electron chi connectivity index (χ4n) is 3.91. The summed E-state index contributed by atoms with van der Waals surface area (Å²) < 4.78 is 11.4. The minimum absolute atomic E-state index is 0.0656. The van der Waals surface area contributed by atoms with Crippen molar-refractivity contribution in [2.24, 2.45) is 5.41 Å². The van der Waals surface area contributed by atoms with Crippen LogP contribution in [0.1, 0.15) is 58.6 Å². The van der Waals surface area contributed by atoms with Crippen LogP contribution in [0.25, 0.3) is 11.3 Å². The smallest absolute Gasteiger partial charge is 0.233 e. The summed E-state index contributed by atoms with van der Waals surface area (Å²) in [7, 11) is 0. The van der Waals surface area contributed by atoms with Crippen molar-refractivity contribution in [3.8, 4) is 11.3 Å². The van der Waals surface area contributed by atoms with Crippen LogP contribution >= 0.6 is 0 Å².